The number of nitrogens with one attached hydrogen (secondary N) is 1. The molecule has 4 aromatic heterocycles. The van der Waals surface area contributed by atoms with E-state index in [4.69, 9.17) is 0 Å². The minimum atomic E-state index is -0.128. The number of hydrogen-bond acceptors (Lipinski definition) is 5. The molecule has 0 saturated carbocycles. The van der Waals surface area contributed by atoms with Crippen molar-refractivity contribution < 1.29 is 4.79 Å². The van der Waals surface area contributed by atoms with Gasteiger partial charge in [-0.1, -0.05) is 12.1 Å². The van der Waals surface area contributed by atoms with E-state index in [9.17, 15) is 4.79 Å². The van der Waals surface area contributed by atoms with Gasteiger partial charge >= 0.3 is 0 Å². The Morgan fingerprint density at radius 3 is 2.69 bits per heavy atom. The van der Waals surface area contributed by atoms with E-state index in [2.05, 4.69) is 20.4 Å². The van der Waals surface area contributed by atoms with Crippen LogP contribution in [0.25, 0.3) is 11.5 Å². The highest BCUT2D eigenvalue weighted by Crippen LogP contribution is 2.23. The Labute approximate surface area is 189 Å². The highest BCUT2D eigenvalue weighted by Gasteiger charge is 2.10. The third-order valence-corrected chi connectivity index (χ3v) is 5.99. The molecule has 5 aromatic rings. The van der Waals surface area contributed by atoms with Crippen molar-refractivity contribution in [3.05, 3.63) is 108 Å². The highest BCUT2D eigenvalue weighted by atomic mass is 32.2. The maximum absolute atomic E-state index is 12.6. The number of aromatic nitrogens is 5. The molecule has 5 rings (SSSR count). The van der Waals surface area contributed by atoms with Gasteiger partial charge in [-0.05, 0) is 48.5 Å². The molecular weight excluding hydrogens is 420 g/mol. The molecule has 0 saturated heterocycles. The van der Waals surface area contributed by atoms with E-state index < -0.39 is 0 Å². The second-order valence-electron chi connectivity index (χ2n) is 7.13. The van der Waals surface area contributed by atoms with Gasteiger partial charge in [-0.2, -0.15) is 5.10 Å². The number of imidazole rings is 1. The molecule has 0 aliphatic rings. The lowest BCUT2D eigenvalue weighted by atomic mass is 10.2. The summed E-state index contributed by atoms with van der Waals surface area (Å²) in [6, 6.07) is 19.2. The van der Waals surface area contributed by atoms with Crippen LogP contribution >= 0.6 is 11.8 Å². The fourth-order valence-electron chi connectivity index (χ4n) is 3.36. The second-order valence-corrected chi connectivity index (χ2v) is 8.18. The van der Waals surface area contributed by atoms with Crippen molar-refractivity contribution in [1.82, 2.24) is 29.5 Å². The third-order valence-electron chi connectivity index (χ3n) is 4.95. The smallest absolute Gasteiger partial charge is 0.251 e. The number of hydrogen-bond donors (Lipinski definition) is 1. The Morgan fingerprint density at radius 2 is 1.88 bits per heavy atom. The van der Waals surface area contributed by atoms with Crippen molar-refractivity contribution in [3.8, 4) is 5.82 Å². The standard InChI is InChI=1S/C24H20N6OS/c31-24(26-15-19-5-3-11-25-23(19)30-14-4-12-27-30)18-7-9-21(10-8-18)32-17-20-16-29-13-2-1-6-22(29)28-20/h1-14,16H,15,17H2,(H,26,31). The predicted octanol–water partition coefficient (Wildman–Crippen LogP) is 4.14. The van der Waals surface area contributed by atoms with Gasteiger partial charge in [-0.15, -0.1) is 11.8 Å². The van der Waals surface area contributed by atoms with Crippen molar-refractivity contribution in [2.75, 3.05) is 0 Å². The number of benzene rings is 1. The molecule has 0 unspecified atom stereocenters. The van der Waals surface area contributed by atoms with E-state index in [1.165, 1.54) is 0 Å². The normalized spacial score (nSPS) is 11.0. The number of rotatable bonds is 7. The molecule has 4 heterocycles. The Kier molecular flexibility index (Phi) is 5.67. The summed E-state index contributed by atoms with van der Waals surface area (Å²) in [5.41, 5.74) is 3.47. The van der Waals surface area contributed by atoms with E-state index >= 15 is 0 Å². The zero-order valence-corrected chi connectivity index (χ0v) is 17.9. The van der Waals surface area contributed by atoms with Crippen molar-refractivity contribution in [2.45, 2.75) is 17.2 Å². The first-order valence-electron chi connectivity index (χ1n) is 10.1. The fourth-order valence-corrected chi connectivity index (χ4v) is 4.14. The van der Waals surface area contributed by atoms with Gasteiger partial charge in [0.2, 0.25) is 0 Å². The van der Waals surface area contributed by atoms with Crippen LogP contribution in [0.2, 0.25) is 0 Å². The van der Waals surface area contributed by atoms with Crippen LogP contribution < -0.4 is 5.32 Å². The number of amides is 1. The summed E-state index contributed by atoms with van der Waals surface area (Å²) >= 11 is 1.69. The highest BCUT2D eigenvalue weighted by molar-refractivity contribution is 7.98. The summed E-state index contributed by atoms with van der Waals surface area (Å²) in [4.78, 5) is 22.7. The number of carbonyl (C=O) groups is 1. The van der Waals surface area contributed by atoms with E-state index in [0.29, 0.717) is 17.9 Å². The summed E-state index contributed by atoms with van der Waals surface area (Å²) in [6.07, 6.45) is 9.28. The van der Waals surface area contributed by atoms with Crippen molar-refractivity contribution >= 4 is 23.3 Å². The molecule has 1 aromatic carbocycles. The van der Waals surface area contributed by atoms with Gasteiger partial charge in [-0.25, -0.2) is 14.6 Å². The van der Waals surface area contributed by atoms with Gasteiger partial charge in [0, 0.05) is 59.3 Å². The largest absolute Gasteiger partial charge is 0.348 e. The molecule has 32 heavy (non-hydrogen) atoms. The van der Waals surface area contributed by atoms with Crippen molar-refractivity contribution in [1.29, 1.82) is 0 Å². The van der Waals surface area contributed by atoms with Gasteiger partial charge < -0.3 is 9.72 Å². The molecule has 0 aliphatic carbocycles. The van der Waals surface area contributed by atoms with Crippen LogP contribution in [0.3, 0.4) is 0 Å². The van der Waals surface area contributed by atoms with Crippen molar-refractivity contribution in [2.24, 2.45) is 0 Å². The zero-order chi connectivity index (χ0) is 21.8. The van der Waals surface area contributed by atoms with E-state index in [-0.39, 0.29) is 5.91 Å². The molecule has 0 atom stereocenters. The molecule has 1 N–H and O–H groups in total. The average molecular weight is 441 g/mol. The number of pyridine rings is 2. The quantitative estimate of drug-likeness (QED) is 0.385. The number of nitrogens with zero attached hydrogens (tertiary/aromatic N) is 5. The molecule has 0 fully saturated rings. The molecular formula is C24H20N6OS. The molecule has 0 aliphatic heterocycles. The van der Waals surface area contributed by atoms with Crippen LogP contribution in [0.15, 0.2) is 96.5 Å². The molecule has 1 amide bonds. The maximum Gasteiger partial charge on any atom is 0.251 e. The monoisotopic (exact) mass is 440 g/mol. The molecule has 7 nitrogen and oxygen atoms in total. The zero-order valence-electron chi connectivity index (χ0n) is 17.1. The van der Waals surface area contributed by atoms with Crippen LogP contribution in [-0.4, -0.2) is 30.1 Å². The van der Waals surface area contributed by atoms with E-state index in [1.54, 1.807) is 28.8 Å². The average Bonchev–Trinajstić information content (AvgIpc) is 3.51. The third kappa shape index (κ3) is 4.40. The first-order valence-corrected chi connectivity index (χ1v) is 11.1. The lowest BCUT2D eigenvalue weighted by Crippen LogP contribution is -2.23. The van der Waals surface area contributed by atoms with Crippen LogP contribution in [0.5, 0.6) is 0 Å². The lowest BCUT2D eigenvalue weighted by Gasteiger charge is -2.10. The fraction of sp³-hybridized carbons (Fsp3) is 0.0833. The number of carbonyl (C=O) groups excluding carboxylic acids is 1. The topological polar surface area (TPSA) is 77.1 Å². The Balaban J connectivity index is 1.19. The molecule has 0 radical (unpaired) electrons. The first-order chi connectivity index (χ1) is 15.8. The Morgan fingerprint density at radius 1 is 0.969 bits per heavy atom. The minimum absolute atomic E-state index is 0.128. The summed E-state index contributed by atoms with van der Waals surface area (Å²) in [5.74, 6) is 1.35. The van der Waals surface area contributed by atoms with Crippen LogP contribution in [0.1, 0.15) is 21.6 Å². The predicted molar refractivity (Wildman–Crippen MR) is 124 cm³/mol. The van der Waals surface area contributed by atoms with Gasteiger partial charge in [0.1, 0.15) is 5.65 Å². The minimum Gasteiger partial charge on any atom is -0.348 e. The van der Waals surface area contributed by atoms with Gasteiger partial charge in [0.25, 0.3) is 5.91 Å². The molecule has 0 bridgehead atoms. The van der Waals surface area contributed by atoms with Crippen molar-refractivity contribution in [3.63, 3.8) is 0 Å². The number of fused-ring (bicyclic) bond motifs is 1. The SMILES string of the molecule is O=C(NCc1cccnc1-n1cccn1)c1ccc(SCc2cn3ccccc3n2)cc1. The van der Waals surface area contributed by atoms with Crippen LogP contribution in [-0.2, 0) is 12.3 Å². The van der Waals surface area contributed by atoms with Gasteiger partial charge in [0.15, 0.2) is 5.82 Å². The summed E-state index contributed by atoms with van der Waals surface area (Å²) in [7, 11) is 0. The Hall–Kier alpha value is -3.91. The molecule has 0 spiro atoms. The summed E-state index contributed by atoms with van der Waals surface area (Å²) < 4.78 is 3.71. The van der Waals surface area contributed by atoms with Gasteiger partial charge in [0.05, 0.1) is 5.69 Å². The van der Waals surface area contributed by atoms with E-state index in [1.807, 2.05) is 83.7 Å². The molecule has 158 valence electrons. The van der Waals surface area contributed by atoms with E-state index in [0.717, 1.165) is 27.6 Å². The Bertz CT molecular complexity index is 1310. The lowest BCUT2D eigenvalue weighted by molar-refractivity contribution is 0.0951. The number of thioether (sulfide) groups is 1. The van der Waals surface area contributed by atoms with Gasteiger partial charge in [-0.3, -0.25) is 4.79 Å². The summed E-state index contributed by atoms with van der Waals surface area (Å²) in [6.45, 7) is 0.367. The summed E-state index contributed by atoms with van der Waals surface area (Å²) in [5, 5.41) is 7.20. The first kappa shape index (κ1) is 20.0. The second kappa shape index (κ2) is 9.07. The van der Waals surface area contributed by atoms with Crippen LogP contribution in [0, 0.1) is 0 Å². The maximum atomic E-state index is 12.6. The molecule has 8 heteroatoms. The van der Waals surface area contributed by atoms with Crippen LogP contribution in [0.4, 0.5) is 0 Å².